The van der Waals surface area contributed by atoms with Gasteiger partial charge in [0.05, 0.1) is 24.6 Å². The molecule has 0 atom stereocenters. The Labute approximate surface area is 235 Å². The highest BCUT2D eigenvalue weighted by atomic mass is 35.5. The Morgan fingerprint density at radius 3 is 2.41 bits per heavy atom. The standard InChI is InChI=1S/C30H36ClN5O3/c1-5-36(6-2)17-16-35(3)21-23-8-7-9-24(18-23)29(37)33-28-15-12-25(31)19-27(28)30(38)34-32-20-22-10-13-26(39-4)14-11-22/h7-15,18-20H,5-6,16-17,21H2,1-4H3,(H,33,37)(H,34,38). The third-order valence-corrected chi connectivity index (χ3v) is 6.54. The van der Waals surface area contributed by atoms with Crippen molar-refractivity contribution in [2.45, 2.75) is 20.4 Å². The van der Waals surface area contributed by atoms with Gasteiger partial charge in [-0.2, -0.15) is 5.10 Å². The predicted octanol–water partition coefficient (Wildman–Crippen LogP) is 5.14. The van der Waals surface area contributed by atoms with Gasteiger partial charge in [-0.05, 0) is 85.9 Å². The van der Waals surface area contributed by atoms with Crippen LogP contribution in [0, 0.1) is 0 Å². The van der Waals surface area contributed by atoms with Crippen LogP contribution in [0.25, 0.3) is 0 Å². The lowest BCUT2D eigenvalue weighted by Crippen LogP contribution is -2.32. The van der Waals surface area contributed by atoms with Gasteiger partial charge >= 0.3 is 0 Å². The van der Waals surface area contributed by atoms with Crippen LogP contribution in [0.4, 0.5) is 5.69 Å². The molecule has 0 fully saturated rings. The number of benzene rings is 3. The van der Waals surface area contributed by atoms with E-state index in [0.717, 1.165) is 49.6 Å². The van der Waals surface area contributed by atoms with Crippen LogP contribution in [0.2, 0.25) is 5.02 Å². The van der Waals surface area contributed by atoms with Gasteiger partial charge in [-0.1, -0.05) is 37.6 Å². The van der Waals surface area contributed by atoms with Crippen molar-refractivity contribution in [1.82, 2.24) is 15.2 Å². The van der Waals surface area contributed by atoms with Crippen molar-refractivity contribution in [3.8, 4) is 5.75 Å². The van der Waals surface area contributed by atoms with E-state index < -0.39 is 5.91 Å². The van der Waals surface area contributed by atoms with E-state index in [0.29, 0.717) is 16.3 Å². The second-order valence-corrected chi connectivity index (χ2v) is 9.52. The minimum absolute atomic E-state index is 0.204. The number of halogens is 1. The van der Waals surface area contributed by atoms with Gasteiger partial charge in [0.2, 0.25) is 0 Å². The fourth-order valence-corrected chi connectivity index (χ4v) is 4.15. The highest BCUT2D eigenvalue weighted by molar-refractivity contribution is 6.31. The van der Waals surface area contributed by atoms with Crippen molar-refractivity contribution in [1.29, 1.82) is 0 Å². The number of nitrogens with one attached hydrogen (secondary N) is 2. The number of nitrogens with zero attached hydrogens (tertiary/aromatic N) is 3. The molecule has 39 heavy (non-hydrogen) atoms. The van der Waals surface area contributed by atoms with Crippen molar-refractivity contribution in [2.24, 2.45) is 5.10 Å². The van der Waals surface area contributed by atoms with Crippen molar-refractivity contribution < 1.29 is 14.3 Å². The molecule has 0 saturated heterocycles. The molecule has 206 valence electrons. The average molecular weight is 550 g/mol. The maximum absolute atomic E-state index is 13.1. The lowest BCUT2D eigenvalue weighted by Gasteiger charge is -2.23. The number of carbonyl (C=O) groups is 2. The monoisotopic (exact) mass is 549 g/mol. The maximum Gasteiger partial charge on any atom is 0.273 e. The first-order valence-electron chi connectivity index (χ1n) is 12.9. The molecule has 0 radical (unpaired) electrons. The van der Waals surface area contributed by atoms with Crippen LogP contribution >= 0.6 is 11.6 Å². The summed E-state index contributed by atoms with van der Waals surface area (Å²) in [6.45, 7) is 9.04. The first-order chi connectivity index (χ1) is 18.8. The molecule has 2 amide bonds. The number of hydrogen-bond acceptors (Lipinski definition) is 6. The van der Waals surface area contributed by atoms with Gasteiger partial charge in [-0.15, -0.1) is 0 Å². The van der Waals surface area contributed by atoms with Crippen LogP contribution in [0.5, 0.6) is 5.75 Å². The average Bonchev–Trinajstić information content (AvgIpc) is 2.95. The highest BCUT2D eigenvalue weighted by Gasteiger charge is 2.16. The van der Waals surface area contributed by atoms with E-state index in [1.807, 2.05) is 30.3 Å². The number of methoxy groups -OCH3 is 1. The smallest absolute Gasteiger partial charge is 0.273 e. The molecule has 0 aliphatic rings. The Kier molecular flexibility index (Phi) is 11.5. The molecule has 0 aromatic heterocycles. The summed E-state index contributed by atoms with van der Waals surface area (Å²) in [5, 5.41) is 7.24. The van der Waals surface area contributed by atoms with E-state index in [1.54, 1.807) is 37.4 Å². The zero-order chi connectivity index (χ0) is 28.2. The third-order valence-electron chi connectivity index (χ3n) is 6.30. The summed E-state index contributed by atoms with van der Waals surface area (Å²) < 4.78 is 5.14. The lowest BCUT2D eigenvalue weighted by atomic mass is 10.1. The fraction of sp³-hybridized carbons (Fsp3) is 0.300. The first kappa shape index (κ1) is 29.8. The number of rotatable bonds is 13. The third kappa shape index (κ3) is 9.21. The van der Waals surface area contributed by atoms with Crippen molar-refractivity contribution in [3.05, 3.63) is 94.0 Å². The largest absolute Gasteiger partial charge is 0.497 e. The summed E-state index contributed by atoms with van der Waals surface area (Å²) in [6, 6.07) is 19.5. The minimum atomic E-state index is -0.499. The Morgan fingerprint density at radius 1 is 0.974 bits per heavy atom. The Bertz CT molecular complexity index is 1280. The number of amides is 2. The van der Waals surface area contributed by atoms with Crippen LogP contribution in [0.1, 0.15) is 45.7 Å². The number of hydrazone groups is 1. The fourth-order valence-electron chi connectivity index (χ4n) is 3.98. The van der Waals surface area contributed by atoms with Gasteiger partial charge < -0.3 is 19.9 Å². The van der Waals surface area contributed by atoms with Gasteiger partial charge in [0.1, 0.15) is 5.75 Å². The number of ether oxygens (including phenoxy) is 1. The van der Waals surface area contributed by atoms with E-state index in [9.17, 15) is 9.59 Å². The van der Waals surface area contributed by atoms with Gasteiger partial charge in [0.25, 0.3) is 11.8 Å². The molecule has 3 aromatic rings. The Hall–Kier alpha value is -3.72. The molecule has 3 rings (SSSR count). The first-order valence-corrected chi connectivity index (χ1v) is 13.3. The van der Waals surface area contributed by atoms with Crippen molar-refractivity contribution >= 4 is 35.3 Å². The molecule has 0 spiro atoms. The Balaban J connectivity index is 1.66. The van der Waals surface area contributed by atoms with Gasteiger partial charge in [0.15, 0.2) is 0 Å². The summed E-state index contributed by atoms with van der Waals surface area (Å²) in [4.78, 5) is 30.6. The van der Waals surface area contributed by atoms with E-state index in [-0.39, 0.29) is 11.5 Å². The normalized spacial score (nSPS) is 11.3. The molecule has 0 aliphatic heterocycles. The van der Waals surface area contributed by atoms with Crippen LogP contribution in [0.3, 0.4) is 0 Å². The number of likely N-dealkylation sites (N-methyl/N-ethyl adjacent to an activating group) is 2. The molecule has 2 N–H and O–H groups in total. The topological polar surface area (TPSA) is 86.3 Å². The van der Waals surface area contributed by atoms with Crippen LogP contribution in [0.15, 0.2) is 71.8 Å². The van der Waals surface area contributed by atoms with E-state index >= 15 is 0 Å². The zero-order valence-corrected chi connectivity index (χ0v) is 23.7. The number of carbonyl (C=O) groups excluding carboxylic acids is 2. The summed E-state index contributed by atoms with van der Waals surface area (Å²) in [7, 11) is 3.67. The summed E-state index contributed by atoms with van der Waals surface area (Å²) >= 11 is 6.16. The molecule has 0 heterocycles. The molecule has 3 aromatic carbocycles. The van der Waals surface area contributed by atoms with E-state index in [2.05, 4.69) is 46.5 Å². The quantitative estimate of drug-likeness (QED) is 0.228. The lowest BCUT2D eigenvalue weighted by molar-refractivity contribution is 0.0956. The SMILES string of the molecule is CCN(CC)CCN(C)Cc1cccc(C(=O)Nc2ccc(Cl)cc2C(=O)NN=Cc2ccc(OC)cc2)c1. The predicted molar refractivity (Wildman–Crippen MR) is 158 cm³/mol. The van der Waals surface area contributed by atoms with Crippen molar-refractivity contribution in [2.75, 3.05) is 45.7 Å². The second-order valence-electron chi connectivity index (χ2n) is 9.08. The Morgan fingerprint density at radius 2 is 1.72 bits per heavy atom. The molecular weight excluding hydrogens is 514 g/mol. The van der Waals surface area contributed by atoms with E-state index in [1.165, 1.54) is 12.3 Å². The second kappa shape index (κ2) is 15.0. The number of hydrogen-bond donors (Lipinski definition) is 2. The molecule has 8 nitrogen and oxygen atoms in total. The number of anilines is 1. The minimum Gasteiger partial charge on any atom is -0.497 e. The zero-order valence-electron chi connectivity index (χ0n) is 22.9. The molecular formula is C30H36ClN5O3. The van der Waals surface area contributed by atoms with Crippen LogP contribution < -0.4 is 15.5 Å². The maximum atomic E-state index is 13.1. The van der Waals surface area contributed by atoms with E-state index in [4.69, 9.17) is 16.3 Å². The molecule has 0 bridgehead atoms. The summed E-state index contributed by atoms with van der Waals surface area (Å²) in [5.41, 5.74) is 5.36. The highest BCUT2D eigenvalue weighted by Crippen LogP contribution is 2.22. The summed E-state index contributed by atoms with van der Waals surface area (Å²) in [6.07, 6.45) is 1.52. The summed E-state index contributed by atoms with van der Waals surface area (Å²) in [5.74, 6) is -0.0924. The molecule has 0 aliphatic carbocycles. The molecule has 9 heteroatoms. The van der Waals surface area contributed by atoms with Gasteiger partial charge in [0, 0.05) is 30.2 Å². The molecule has 0 saturated carbocycles. The van der Waals surface area contributed by atoms with Crippen molar-refractivity contribution in [3.63, 3.8) is 0 Å². The van der Waals surface area contributed by atoms with Crippen LogP contribution in [-0.4, -0.2) is 68.2 Å². The van der Waals surface area contributed by atoms with Gasteiger partial charge in [-0.3, -0.25) is 9.59 Å². The van der Waals surface area contributed by atoms with Gasteiger partial charge in [-0.25, -0.2) is 5.43 Å². The molecule has 0 unspecified atom stereocenters. The van der Waals surface area contributed by atoms with Crippen LogP contribution in [-0.2, 0) is 6.54 Å².